The van der Waals surface area contributed by atoms with Crippen molar-refractivity contribution < 1.29 is 0 Å². The zero-order valence-corrected chi connectivity index (χ0v) is 12.3. The molecule has 0 atom stereocenters. The molecule has 0 amide bonds. The summed E-state index contributed by atoms with van der Waals surface area (Å²) in [5.41, 5.74) is 3.80. The van der Waals surface area contributed by atoms with Crippen molar-refractivity contribution in [3.63, 3.8) is 0 Å². The molecule has 0 aliphatic carbocycles. The second-order valence-corrected chi connectivity index (χ2v) is 5.85. The van der Waals surface area contributed by atoms with E-state index in [1.54, 1.807) is 0 Å². The molecule has 0 fully saturated rings. The van der Waals surface area contributed by atoms with Gasteiger partial charge in [0.25, 0.3) is 0 Å². The zero-order valence-electron chi connectivity index (χ0n) is 12.3. The smallest absolute Gasteiger partial charge is 0.0994 e. The average molecular weight is 257 g/mol. The molecule has 3 nitrogen and oxygen atoms in total. The first kappa shape index (κ1) is 13.8. The van der Waals surface area contributed by atoms with Gasteiger partial charge in [-0.2, -0.15) is 0 Å². The molecule has 0 saturated heterocycles. The summed E-state index contributed by atoms with van der Waals surface area (Å²) >= 11 is 0. The van der Waals surface area contributed by atoms with Crippen LogP contribution in [0.1, 0.15) is 39.0 Å². The number of nitrogens with one attached hydrogen (secondary N) is 1. The van der Waals surface area contributed by atoms with Crippen molar-refractivity contribution in [2.45, 2.75) is 39.7 Å². The Morgan fingerprint density at radius 3 is 2.74 bits per heavy atom. The van der Waals surface area contributed by atoms with E-state index in [1.807, 2.05) is 12.5 Å². The third kappa shape index (κ3) is 3.24. The number of benzene rings is 1. The summed E-state index contributed by atoms with van der Waals surface area (Å²) in [7, 11) is 0. The Morgan fingerprint density at radius 2 is 2.05 bits per heavy atom. The van der Waals surface area contributed by atoms with Crippen molar-refractivity contribution in [3.05, 3.63) is 48.0 Å². The first-order valence-electron chi connectivity index (χ1n) is 6.85. The Hall–Kier alpha value is -1.61. The molecular formula is C16H23N3. The summed E-state index contributed by atoms with van der Waals surface area (Å²) in [5, 5.41) is 3.36. The second kappa shape index (κ2) is 5.57. The highest BCUT2D eigenvalue weighted by Gasteiger charge is 2.19. The van der Waals surface area contributed by atoms with Gasteiger partial charge in [0.2, 0.25) is 0 Å². The molecule has 2 rings (SSSR count). The molecule has 102 valence electrons. The molecule has 0 unspecified atom stereocenters. The first-order chi connectivity index (χ1) is 9.02. The van der Waals surface area contributed by atoms with E-state index in [0.29, 0.717) is 0 Å². The lowest BCUT2D eigenvalue weighted by Crippen LogP contribution is -2.16. The summed E-state index contributed by atoms with van der Waals surface area (Å²) in [5.74, 6) is 0. The van der Waals surface area contributed by atoms with Crippen molar-refractivity contribution in [2.75, 3.05) is 6.54 Å². The fraction of sp³-hybridized carbons (Fsp3) is 0.438. The summed E-state index contributed by atoms with van der Waals surface area (Å²) in [4.78, 5) is 4.30. The van der Waals surface area contributed by atoms with Gasteiger partial charge < -0.3 is 9.88 Å². The van der Waals surface area contributed by atoms with Crippen LogP contribution in [0.5, 0.6) is 0 Å². The van der Waals surface area contributed by atoms with Crippen molar-refractivity contribution >= 4 is 0 Å². The van der Waals surface area contributed by atoms with Crippen LogP contribution in [0.2, 0.25) is 0 Å². The summed E-state index contributed by atoms with van der Waals surface area (Å²) in [6.45, 7) is 10.7. The van der Waals surface area contributed by atoms with Gasteiger partial charge in [-0.3, -0.25) is 0 Å². The minimum Gasteiger partial charge on any atom is -0.313 e. The number of rotatable bonds is 4. The third-order valence-electron chi connectivity index (χ3n) is 3.17. The molecule has 0 saturated carbocycles. The third-order valence-corrected chi connectivity index (χ3v) is 3.17. The highest BCUT2D eigenvalue weighted by Crippen LogP contribution is 2.24. The normalized spacial score (nSPS) is 11.8. The van der Waals surface area contributed by atoms with Crippen LogP contribution >= 0.6 is 0 Å². The Bertz CT molecular complexity index is 535. The van der Waals surface area contributed by atoms with Crippen LogP contribution in [-0.2, 0) is 12.0 Å². The number of imidazole rings is 1. The monoisotopic (exact) mass is 257 g/mol. The van der Waals surface area contributed by atoms with E-state index in [2.05, 4.69) is 66.8 Å². The van der Waals surface area contributed by atoms with Crippen LogP contribution in [-0.4, -0.2) is 16.1 Å². The molecule has 0 bridgehead atoms. The van der Waals surface area contributed by atoms with Crippen molar-refractivity contribution in [3.8, 4) is 5.69 Å². The number of hydrogen-bond acceptors (Lipinski definition) is 2. The zero-order chi connectivity index (χ0) is 13.9. The molecule has 0 aliphatic heterocycles. The van der Waals surface area contributed by atoms with Gasteiger partial charge in [0.1, 0.15) is 0 Å². The lowest BCUT2D eigenvalue weighted by molar-refractivity contribution is 0.556. The largest absolute Gasteiger partial charge is 0.313 e. The predicted molar refractivity (Wildman–Crippen MR) is 79.6 cm³/mol. The lowest BCUT2D eigenvalue weighted by atomic mass is 9.92. The predicted octanol–water partition coefficient (Wildman–Crippen LogP) is 3.28. The fourth-order valence-corrected chi connectivity index (χ4v) is 2.14. The highest BCUT2D eigenvalue weighted by atomic mass is 15.1. The summed E-state index contributed by atoms with van der Waals surface area (Å²) in [6.07, 6.45) is 3.85. The molecule has 2 aromatic rings. The summed E-state index contributed by atoms with van der Waals surface area (Å²) < 4.78 is 2.18. The van der Waals surface area contributed by atoms with E-state index in [-0.39, 0.29) is 5.41 Å². The molecule has 1 N–H and O–H groups in total. The van der Waals surface area contributed by atoms with Gasteiger partial charge in [0.05, 0.1) is 6.33 Å². The maximum absolute atomic E-state index is 4.30. The molecular weight excluding hydrogens is 234 g/mol. The SMILES string of the molecule is CCNCc1cccc(-n2cncc2C(C)(C)C)c1. The number of hydrogen-bond donors (Lipinski definition) is 1. The van der Waals surface area contributed by atoms with Gasteiger partial charge in [0.15, 0.2) is 0 Å². The van der Waals surface area contributed by atoms with Crippen molar-refractivity contribution in [1.29, 1.82) is 0 Å². The van der Waals surface area contributed by atoms with Crippen LogP contribution in [0, 0.1) is 0 Å². The fourth-order valence-electron chi connectivity index (χ4n) is 2.14. The Labute approximate surface area is 115 Å². The van der Waals surface area contributed by atoms with Crippen LogP contribution in [0.4, 0.5) is 0 Å². The maximum atomic E-state index is 4.30. The lowest BCUT2D eigenvalue weighted by Gasteiger charge is -2.21. The minimum atomic E-state index is 0.0914. The van der Waals surface area contributed by atoms with Gasteiger partial charge in [-0.25, -0.2) is 4.98 Å². The van der Waals surface area contributed by atoms with Gasteiger partial charge >= 0.3 is 0 Å². The van der Waals surface area contributed by atoms with E-state index in [4.69, 9.17) is 0 Å². The van der Waals surface area contributed by atoms with Gasteiger partial charge in [-0.15, -0.1) is 0 Å². The van der Waals surface area contributed by atoms with E-state index in [0.717, 1.165) is 13.1 Å². The second-order valence-electron chi connectivity index (χ2n) is 5.85. The molecule has 0 aliphatic rings. The number of aromatic nitrogens is 2. The van der Waals surface area contributed by atoms with Gasteiger partial charge in [-0.05, 0) is 24.2 Å². The van der Waals surface area contributed by atoms with E-state index in [9.17, 15) is 0 Å². The molecule has 19 heavy (non-hydrogen) atoms. The highest BCUT2D eigenvalue weighted by molar-refractivity contribution is 5.38. The molecule has 1 aromatic heterocycles. The van der Waals surface area contributed by atoms with Crippen LogP contribution in [0.15, 0.2) is 36.8 Å². The average Bonchev–Trinajstić information content (AvgIpc) is 2.86. The number of nitrogens with zero attached hydrogens (tertiary/aromatic N) is 2. The topological polar surface area (TPSA) is 29.9 Å². The Kier molecular flexibility index (Phi) is 4.05. The molecule has 1 heterocycles. The van der Waals surface area contributed by atoms with Crippen LogP contribution in [0.25, 0.3) is 5.69 Å². The quantitative estimate of drug-likeness (QED) is 0.911. The molecule has 0 radical (unpaired) electrons. The van der Waals surface area contributed by atoms with Gasteiger partial charge in [0, 0.05) is 29.5 Å². The standard InChI is InChI=1S/C16H23N3/c1-5-17-10-13-7-6-8-14(9-13)19-12-18-11-15(19)16(2,3)4/h6-9,11-12,17H,5,10H2,1-4H3. The minimum absolute atomic E-state index is 0.0914. The maximum Gasteiger partial charge on any atom is 0.0994 e. The van der Waals surface area contributed by atoms with Crippen LogP contribution in [0.3, 0.4) is 0 Å². The van der Waals surface area contributed by atoms with E-state index in [1.165, 1.54) is 16.9 Å². The van der Waals surface area contributed by atoms with Crippen molar-refractivity contribution in [2.24, 2.45) is 0 Å². The van der Waals surface area contributed by atoms with Gasteiger partial charge in [-0.1, -0.05) is 39.8 Å². The Balaban J connectivity index is 2.34. The summed E-state index contributed by atoms with van der Waals surface area (Å²) in [6, 6.07) is 8.61. The molecule has 1 aromatic carbocycles. The van der Waals surface area contributed by atoms with Crippen molar-refractivity contribution in [1.82, 2.24) is 14.9 Å². The molecule has 3 heteroatoms. The molecule has 0 spiro atoms. The Morgan fingerprint density at radius 1 is 1.26 bits per heavy atom. The van der Waals surface area contributed by atoms with Crippen LogP contribution < -0.4 is 5.32 Å². The first-order valence-corrected chi connectivity index (χ1v) is 6.85. The van der Waals surface area contributed by atoms with E-state index < -0.39 is 0 Å². The van der Waals surface area contributed by atoms with E-state index >= 15 is 0 Å².